The van der Waals surface area contributed by atoms with Crippen molar-refractivity contribution in [2.75, 3.05) is 5.32 Å². The van der Waals surface area contributed by atoms with Crippen molar-refractivity contribution in [1.82, 2.24) is 24.7 Å². The standard InChI is InChI=1S/C20H20N6O2/c1-12(2)19-22-20(28-25-19)14-8-9-26-16(10-14)23-24-17(26)11-18(27)21-15-6-4-13(3)5-7-15/h4-10,12H,11H2,1-3H3,(H,21,27). The summed E-state index contributed by atoms with van der Waals surface area (Å²) in [6.07, 6.45) is 1.92. The molecular formula is C20H20N6O2. The molecule has 3 aromatic heterocycles. The van der Waals surface area contributed by atoms with Gasteiger partial charge in [-0.3, -0.25) is 9.20 Å². The van der Waals surface area contributed by atoms with Gasteiger partial charge in [0.15, 0.2) is 11.5 Å². The number of hydrogen-bond donors (Lipinski definition) is 1. The lowest BCUT2D eigenvalue weighted by Crippen LogP contribution is -2.16. The minimum absolute atomic E-state index is 0.118. The summed E-state index contributed by atoms with van der Waals surface area (Å²) < 4.78 is 7.10. The lowest BCUT2D eigenvalue weighted by Gasteiger charge is -2.05. The number of aromatic nitrogens is 5. The molecule has 4 aromatic rings. The molecule has 0 saturated carbocycles. The number of carbonyl (C=O) groups is 1. The van der Waals surface area contributed by atoms with Crippen LogP contribution in [0.25, 0.3) is 17.1 Å². The van der Waals surface area contributed by atoms with Crippen LogP contribution in [0.5, 0.6) is 0 Å². The van der Waals surface area contributed by atoms with E-state index >= 15 is 0 Å². The minimum Gasteiger partial charge on any atom is -0.334 e. The molecule has 0 saturated heterocycles. The number of hydrogen-bond acceptors (Lipinski definition) is 6. The molecule has 8 heteroatoms. The smallest absolute Gasteiger partial charge is 0.258 e. The number of rotatable bonds is 5. The van der Waals surface area contributed by atoms with E-state index in [2.05, 4.69) is 25.7 Å². The van der Waals surface area contributed by atoms with Crippen LogP contribution in [-0.4, -0.2) is 30.6 Å². The average Bonchev–Trinajstić information content (AvgIpc) is 3.31. The maximum atomic E-state index is 12.3. The van der Waals surface area contributed by atoms with Crippen LogP contribution < -0.4 is 5.32 Å². The normalized spacial score (nSPS) is 11.3. The Balaban J connectivity index is 1.52. The Morgan fingerprint density at radius 3 is 2.68 bits per heavy atom. The average molecular weight is 376 g/mol. The van der Waals surface area contributed by atoms with Crippen LogP contribution in [0.15, 0.2) is 47.1 Å². The van der Waals surface area contributed by atoms with Crippen LogP contribution >= 0.6 is 0 Å². The van der Waals surface area contributed by atoms with Crippen molar-refractivity contribution in [2.45, 2.75) is 33.1 Å². The highest BCUT2D eigenvalue weighted by Gasteiger charge is 2.15. The molecule has 0 radical (unpaired) electrons. The molecule has 3 heterocycles. The number of nitrogens with zero attached hydrogens (tertiary/aromatic N) is 5. The predicted molar refractivity (Wildman–Crippen MR) is 104 cm³/mol. The number of anilines is 1. The van der Waals surface area contributed by atoms with E-state index in [0.29, 0.717) is 23.2 Å². The zero-order valence-corrected chi connectivity index (χ0v) is 15.9. The van der Waals surface area contributed by atoms with E-state index < -0.39 is 0 Å². The highest BCUT2D eigenvalue weighted by Crippen LogP contribution is 2.21. The summed E-state index contributed by atoms with van der Waals surface area (Å²) in [6.45, 7) is 6.01. The first-order valence-electron chi connectivity index (χ1n) is 9.04. The third-order valence-corrected chi connectivity index (χ3v) is 4.34. The highest BCUT2D eigenvalue weighted by atomic mass is 16.5. The number of benzene rings is 1. The van der Waals surface area contributed by atoms with E-state index in [1.165, 1.54) is 0 Å². The molecule has 0 unspecified atom stereocenters. The van der Waals surface area contributed by atoms with Crippen LogP contribution in [0, 0.1) is 6.92 Å². The molecule has 1 N–H and O–H groups in total. The predicted octanol–water partition coefficient (Wildman–Crippen LogP) is 3.39. The molecule has 0 aliphatic carbocycles. The summed E-state index contributed by atoms with van der Waals surface area (Å²) in [5.74, 6) is 1.69. The van der Waals surface area contributed by atoms with Crippen LogP contribution in [0.3, 0.4) is 0 Å². The van der Waals surface area contributed by atoms with Gasteiger partial charge in [0.2, 0.25) is 5.91 Å². The maximum Gasteiger partial charge on any atom is 0.258 e. The molecule has 8 nitrogen and oxygen atoms in total. The number of aryl methyl sites for hydroxylation is 1. The summed E-state index contributed by atoms with van der Waals surface area (Å²) in [6, 6.07) is 11.3. The Labute approximate surface area is 161 Å². The lowest BCUT2D eigenvalue weighted by molar-refractivity contribution is -0.115. The number of nitrogens with one attached hydrogen (secondary N) is 1. The van der Waals surface area contributed by atoms with Gasteiger partial charge in [-0.15, -0.1) is 10.2 Å². The minimum atomic E-state index is -0.152. The molecule has 142 valence electrons. The molecular weight excluding hydrogens is 356 g/mol. The largest absolute Gasteiger partial charge is 0.334 e. The second kappa shape index (κ2) is 7.22. The van der Waals surface area contributed by atoms with Gasteiger partial charge in [-0.1, -0.05) is 36.7 Å². The first-order chi connectivity index (χ1) is 13.5. The number of pyridine rings is 1. The molecule has 28 heavy (non-hydrogen) atoms. The van der Waals surface area contributed by atoms with Crippen LogP contribution in [0.2, 0.25) is 0 Å². The van der Waals surface area contributed by atoms with Gasteiger partial charge in [0.25, 0.3) is 5.89 Å². The van der Waals surface area contributed by atoms with E-state index in [1.807, 2.05) is 57.2 Å². The summed E-state index contributed by atoms with van der Waals surface area (Å²) >= 11 is 0. The quantitative estimate of drug-likeness (QED) is 0.573. The van der Waals surface area contributed by atoms with Crippen molar-refractivity contribution < 1.29 is 9.32 Å². The first-order valence-corrected chi connectivity index (χ1v) is 9.04. The SMILES string of the molecule is Cc1ccc(NC(=O)Cc2nnc3cc(-c4nc(C(C)C)no4)ccn23)cc1. The van der Waals surface area contributed by atoms with Gasteiger partial charge < -0.3 is 9.84 Å². The summed E-state index contributed by atoms with van der Waals surface area (Å²) in [5, 5.41) is 15.2. The molecule has 4 rings (SSSR count). The molecule has 0 bridgehead atoms. The zero-order chi connectivity index (χ0) is 19.7. The third kappa shape index (κ3) is 3.62. The van der Waals surface area contributed by atoms with Crippen molar-refractivity contribution in [3.63, 3.8) is 0 Å². The Morgan fingerprint density at radius 2 is 1.96 bits per heavy atom. The molecule has 0 spiro atoms. The van der Waals surface area contributed by atoms with E-state index in [9.17, 15) is 4.79 Å². The summed E-state index contributed by atoms with van der Waals surface area (Å²) in [4.78, 5) is 16.7. The van der Waals surface area contributed by atoms with Crippen molar-refractivity contribution >= 4 is 17.2 Å². The van der Waals surface area contributed by atoms with Gasteiger partial charge in [-0.2, -0.15) is 4.98 Å². The Bertz CT molecular complexity index is 1130. The Hall–Kier alpha value is -3.55. The zero-order valence-electron chi connectivity index (χ0n) is 15.9. The van der Waals surface area contributed by atoms with Crippen LogP contribution in [-0.2, 0) is 11.2 Å². The monoisotopic (exact) mass is 376 g/mol. The fourth-order valence-electron chi connectivity index (χ4n) is 2.77. The fourth-order valence-corrected chi connectivity index (χ4v) is 2.77. The number of carbonyl (C=O) groups excluding carboxylic acids is 1. The molecule has 0 aliphatic rings. The second-order valence-corrected chi connectivity index (χ2v) is 6.96. The first kappa shape index (κ1) is 17.8. The molecule has 1 aromatic carbocycles. The molecule has 1 amide bonds. The van der Waals surface area contributed by atoms with Gasteiger partial charge in [-0.25, -0.2) is 0 Å². The van der Waals surface area contributed by atoms with Gasteiger partial charge in [0, 0.05) is 23.4 Å². The Kier molecular flexibility index (Phi) is 4.60. The highest BCUT2D eigenvalue weighted by molar-refractivity contribution is 5.91. The van der Waals surface area contributed by atoms with Gasteiger partial charge in [0.05, 0.1) is 6.42 Å². The van der Waals surface area contributed by atoms with E-state index in [0.717, 1.165) is 16.8 Å². The van der Waals surface area contributed by atoms with Crippen LogP contribution in [0.4, 0.5) is 5.69 Å². The van der Waals surface area contributed by atoms with Crippen LogP contribution in [0.1, 0.15) is 37.0 Å². The van der Waals surface area contributed by atoms with E-state index in [-0.39, 0.29) is 18.2 Å². The van der Waals surface area contributed by atoms with Crippen molar-refractivity contribution in [3.8, 4) is 11.5 Å². The fraction of sp³-hybridized carbons (Fsp3) is 0.250. The van der Waals surface area contributed by atoms with E-state index in [4.69, 9.17) is 4.52 Å². The van der Waals surface area contributed by atoms with Crippen molar-refractivity contribution in [1.29, 1.82) is 0 Å². The number of amides is 1. The van der Waals surface area contributed by atoms with Crippen molar-refractivity contribution in [3.05, 3.63) is 59.8 Å². The second-order valence-electron chi connectivity index (χ2n) is 6.96. The maximum absolute atomic E-state index is 12.3. The van der Waals surface area contributed by atoms with E-state index in [1.54, 1.807) is 10.6 Å². The summed E-state index contributed by atoms with van der Waals surface area (Å²) in [7, 11) is 0. The van der Waals surface area contributed by atoms with Gasteiger partial charge in [0.1, 0.15) is 5.82 Å². The molecule has 0 atom stereocenters. The lowest BCUT2D eigenvalue weighted by atomic mass is 10.2. The Morgan fingerprint density at radius 1 is 1.18 bits per heavy atom. The molecule has 0 aliphatic heterocycles. The van der Waals surface area contributed by atoms with Crippen molar-refractivity contribution in [2.24, 2.45) is 0 Å². The number of fused-ring (bicyclic) bond motifs is 1. The third-order valence-electron chi connectivity index (χ3n) is 4.34. The van der Waals surface area contributed by atoms with Gasteiger partial charge in [-0.05, 0) is 31.2 Å². The summed E-state index contributed by atoms with van der Waals surface area (Å²) in [5.41, 5.74) is 3.26. The van der Waals surface area contributed by atoms with Gasteiger partial charge >= 0.3 is 0 Å². The molecule has 0 fully saturated rings. The topological polar surface area (TPSA) is 98.2 Å².